The SMILES string of the molecule is CCS(=O)(=O)/C=C\c1cccs1. The van der Waals surface area contributed by atoms with Crippen LogP contribution in [0, 0.1) is 0 Å². The minimum Gasteiger partial charge on any atom is -0.224 e. The van der Waals surface area contributed by atoms with Crippen LogP contribution in [0.4, 0.5) is 0 Å². The highest BCUT2D eigenvalue weighted by atomic mass is 32.2. The minimum absolute atomic E-state index is 0.162. The molecule has 0 bridgehead atoms. The van der Waals surface area contributed by atoms with Crippen molar-refractivity contribution in [3.05, 3.63) is 27.8 Å². The van der Waals surface area contributed by atoms with Gasteiger partial charge in [-0.05, 0) is 17.5 Å². The third kappa shape index (κ3) is 2.79. The molecular weight excluding hydrogens is 192 g/mol. The molecular formula is C8H10O2S2. The first-order chi connectivity index (χ1) is 5.64. The summed E-state index contributed by atoms with van der Waals surface area (Å²) in [5, 5.41) is 3.18. The first-order valence-electron chi connectivity index (χ1n) is 3.58. The van der Waals surface area contributed by atoms with Crippen LogP contribution in [0.25, 0.3) is 6.08 Å². The van der Waals surface area contributed by atoms with E-state index in [9.17, 15) is 8.42 Å². The van der Waals surface area contributed by atoms with E-state index in [0.29, 0.717) is 0 Å². The van der Waals surface area contributed by atoms with Gasteiger partial charge in [-0.3, -0.25) is 0 Å². The van der Waals surface area contributed by atoms with Gasteiger partial charge in [0, 0.05) is 10.3 Å². The van der Waals surface area contributed by atoms with E-state index in [-0.39, 0.29) is 5.75 Å². The Morgan fingerprint density at radius 2 is 2.33 bits per heavy atom. The summed E-state index contributed by atoms with van der Waals surface area (Å²) in [5.41, 5.74) is 0. The molecule has 0 aliphatic heterocycles. The molecule has 0 N–H and O–H groups in total. The van der Waals surface area contributed by atoms with Gasteiger partial charge in [0.25, 0.3) is 0 Å². The summed E-state index contributed by atoms with van der Waals surface area (Å²) in [6.07, 6.45) is 1.63. The van der Waals surface area contributed by atoms with E-state index >= 15 is 0 Å². The van der Waals surface area contributed by atoms with Crippen molar-refractivity contribution in [2.75, 3.05) is 5.75 Å². The number of sulfone groups is 1. The topological polar surface area (TPSA) is 34.1 Å². The van der Waals surface area contributed by atoms with Gasteiger partial charge in [-0.15, -0.1) is 11.3 Å². The maximum Gasteiger partial charge on any atom is 0.171 e. The molecule has 0 unspecified atom stereocenters. The molecule has 1 aromatic rings. The van der Waals surface area contributed by atoms with E-state index in [1.807, 2.05) is 17.5 Å². The van der Waals surface area contributed by atoms with Gasteiger partial charge in [0.1, 0.15) is 0 Å². The fourth-order valence-corrected chi connectivity index (χ4v) is 1.90. The molecule has 0 saturated carbocycles. The molecule has 0 aliphatic carbocycles. The van der Waals surface area contributed by atoms with Crippen molar-refractivity contribution in [2.24, 2.45) is 0 Å². The van der Waals surface area contributed by atoms with Crippen molar-refractivity contribution in [1.29, 1.82) is 0 Å². The zero-order valence-electron chi connectivity index (χ0n) is 6.73. The largest absolute Gasteiger partial charge is 0.224 e. The van der Waals surface area contributed by atoms with Crippen molar-refractivity contribution in [3.63, 3.8) is 0 Å². The lowest BCUT2D eigenvalue weighted by Gasteiger charge is -1.88. The van der Waals surface area contributed by atoms with Gasteiger partial charge in [-0.1, -0.05) is 13.0 Å². The zero-order valence-corrected chi connectivity index (χ0v) is 8.36. The van der Waals surface area contributed by atoms with Crippen LogP contribution >= 0.6 is 11.3 Å². The van der Waals surface area contributed by atoms with Crippen LogP contribution in [-0.4, -0.2) is 14.2 Å². The molecule has 0 atom stereocenters. The van der Waals surface area contributed by atoms with E-state index < -0.39 is 9.84 Å². The van der Waals surface area contributed by atoms with E-state index in [2.05, 4.69) is 0 Å². The number of rotatable bonds is 3. The van der Waals surface area contributed by atoms with E-state index in [1.54, 1.807) is 13.0 Å². The molecule has 1 rings (SSSR count). The molecule has 0 fully saturated rings. The van der Waals surface area contributed by atoms with Crippen molar-refractivity contribution in [3.8, 4) is 0 Å². The van der Waals surface area contributed by atoms with Gasteiger partial charge in [-0.25, -0.2) is 8.42 Å². The Morgan fingerprint density at radius 1 is 1.58 bits per heavy atom. The zero-order chi connectivity index (χ0) is 9.03. The highest BCUT2D eigenvalue weighted by Gasteiger charge is 1.99. The number of hydrogen-bond acceptors (Lipinski definition) is 3. The van der Waals surface area contributed by atoms with Crippen molar-refractivity contribution in [1.82, 2.24) is 0 Å². The maximum absolute atomic E-state index is 11.0. The van der Waals surface area contributed by atoms with Crippen LogP contribution in [0.3, 0.4) is 0 Å². The summed E-state index contributed by atoms with van der Waals surface area (Å²) in [5.74, 6) is 0.162. The van der Waals surface area contributed by atoms with Gasteiger partial charge >= 0.3 is 0 Å². The third-order valence-electron chi connectivity index (χ3n) is 1.39. The molecule has 0 aromatic carbocycles. The molecule has 0 spiro atoms. The average molecular weight is 202 g/mol. The summed E-state index contributed by atoms with van der Waals surface area (Å²) < 4.78 is 22.0. The van der Waals surface area contributed by atoms with E-state index in [1.165, 1.54) is 16.7 Å². The quantitative estimate of drug-likeness (QED) is 0.752. The van der Waals surface area contributed by atoms with Crippen molar-refractivity contribution in [2.45, 2.75) is 6.92 Å². The Hall–Kier alpha value is -0.610. The lowest BCUT2D eigenvalue weighted by Crippen LogP contribution is -1.96. The van der Waals surface area contributed by atoms with Crippen molar-refractivity contribution < 1.29 is 8.42 Å². The van der Waals surface area contributed by atoms with Crippen LogP contribution < -0.4 is 0 Å². The lowest BCUT2D eigenvalue weighted by molar-refractivity contribution is 0.606. The monoisotopic (exact) mass is 202 g/mol. The van der Waals surface area contributed by atoms with Crippen LogP contribution in [-0.2, 0) is 9.84 Å². The second-order valence-electron chi connectivity index (χ2n) is 2.27. The third-order valence-corrected chi connectivity index (χ3v) is 3.58. The van der Waals surface area contributed by atoms with E-state index in [0.717, 1.165) is 4.88 Å². The molecule has 4 heteroatoms. The maximum atomic E-state index is 11.0. The summed E-state index contributed by atoms with van der Waals surface area (Å²) in [6.45, 7) is 1.63. The molecule has 0 aliphatic rings. The molecule has 66 valence electrons. The van der Waals surface area contributed by atoms with Gasteiger partial charge < -0.3 is 0 Å². The summed E-state index contributed by atoms with van der Waals surface area (Å²) >= 11 is 1.52. The van der Waals surface area contributed by atoms with Gasteiger partial charge in [0.2, 0.25) is 0 Å². The minimum atomic E-state index is -2.97. The molecule has 0 saturated heterocycles. The molecule has 12 heavy (non-hydrogen) atoms. The van der Waals surface area contributed by atoms with Gasteiger partial charge in [0.05, 0.1) is 5.75 Å². The average Bonchev–Trinajstić information content (AvgIpc) is 2.53. The summed E-state index contributed by atoms with van der Waals surface area (Å²) in [4.78, 5) is 0.965. The van der Waals surface area contributed by atoms with Gasteiger partial charge in [-0.2, -0.15) is 0 Å². The highest BCUT2D eigenvalue weighted by molar-refractivity contribution is 7.94. The summed E-state index contributed by atoms with van der Waals surface area (Å²) in [7, 11) is -2.97. The number of hydrogen-bond donors (Lipinski definition) is 0. The normalized spacial score (nSPS) is 12.4. The first-order valence-corrected chi connectivity index (χ1v) is 6.18. The Labute approximate surface area is 76.5 Å². The molecule has 1 aromatic heterocycles. The van der Waals surface area contributed by atoms with Crippen molar-refractivity contribution >= 4 is 27.3 Å². The second-order valence-corrected chi connectivity index (χ2v) is 5.42. The van der Waals surface area contributed by atoms with Crippen LogP contribution in [0.1, 0.15) is 11.8 Å². The lowest BCUT2D eigenvalue weighted by atomic mass is 10.5. The number of thiophene rings is 1. The van der Waals surface area contributed by atoms with Crippen LogP contribution in [0.5, 0.6) is 0 Å². The smallest absolute Gasteiger partial charge is 0.171 e. The highest BCUT2D eigenvalue weighted by Crippen LogP contribution is 2.11. The molecule has 2 nitrogen and oxygen atoms in total. The predicted molar refractivity (Wildman–Crippen MR) is 52.8 cm³/mol. The Balaban J connectivity index is 2.76. The van der Waals surface area contributed by atoms with Crippen LogP contribution in [0.2, 0.25) is 0 Å². The van der Waals surface area contributed by atoms with E-state index in [4.69, 9.17) is 0 Å². The fraction of sp³-hybridized carbons (Fsp3) is 0.250. The predicted octanol–water partition coefficient (Wildman–Crippen LogP) is 2.15. The second kappa shape index (κ2) is 3.87. The fourth-order valence-electron chi connectivity index (χ4n) is 0.653. The molecule has 0 radical (unpaired) electrons. The van der Waals surface area contributed by atoms with Crippen LogP contribution in [0.15, 0.2) is 22.9 Å². The Bertz CT molecular complexity index is 346. The summed E-state index contributed by atoms with van der Waals surface area (Å²) in [6, 6.07) is 3.77. The van der Waals surface area contributed by atoms with Gasteiger partial charge in [0.15, 0.2) is 9.84 Å². The Morgan fingerprint density at radius 3 is 2.83 bits per heavy atom. The standard InChI is InChI=1S/C8H10O2S2/c1-2-12(9,10)7-5-8-4-3-6-11-8/h3-7H,2H2,1H3/b7-5-. The molecule has 1 heterocycles. The Kier molecular flexibility index (Phi) is 3.05. The molecule has 0 amide bonds. The first kappa shape index (κ1) is 9.48.